The van der Waals surface area contributed by atoms with Crippen LogP contribution in [0.2, 0.25) is 0 Å². The number of rotatable bonds is 4. The maximum atomic E-state index is 13.2. The lowest BCUT2D eigenvalue weighted by atomic mass is 10.0. The Hall–Kier alpha value is -2.97. The van der Waals surface area contributed by atoms with Gasteiger partial charge in [-0.15, -0.1) is 0 Å². The van der Waals surface area contributed by atoms with Gasteiger partial charge in [-0.2, -0.15) is 0 Å². The van der Waals surface area contributed by atoms with Crippen molar-refractivity contribution in [2.24, 2.45) is 0 Å². The molecule has 0 atom stereocenters. The second-order valence-electron chi connectivity index (χ2n) is 8.80. The number of carbonyl (C=O) groups excluding carboxylic acids is 2. The van der Waals surface area contributed by atoms with Crippen LogP contribution in [0.15, 0.2) is 29.4 Å². The topological polar surface area (TPSA) is 102 Å². The van der Waals surface area contributed by atoms with Crippen molar-refractivity contribution in [2.75, 3.05) is 13.1 Å². The molecule has 1 saturated carbocycles. The highest BCUT2D eigenvalue weighted by Gasteiger charge is 2.40. The van der Waals surface area contributed by atoms with Gasteiger partial charge in [-0.25, -0.2) is 19.7 Å². The summed E-state index contributed by atoms with van der Waals surface area (Å²) in [7, 11) is 0. The van der Waals surface area contributed by atoms with E-state index in [1.165, 1.54) is 12.6 Å². The summed E-state index contributed by atoms with van der Waals surface area (Å²) in [4.78, 5) is 41.6. The van der Waals surface area contributed by atoms with Crippen LogP contribution in [-0.4, -0.2) is 67.5 Å². The average molecular weight is 413 g/mol. The molecule has 30 heavy (non-hydrogen) atoms. The van der Waals surface area contributed by atoms with Crippen molar-refractivity contribution < 1.29 is 18.7 Å². The first kappa shape index (κ1) is 20.3. The number of ether oxygens (including phenoxy) is 1. The Morgan fingerprint density at radius 2 is 1.70 bits per heavy atom. The number of carbonyl (C=O) groups is 2. The molecule has 2 aromatic heterocycles. The predicted octanol–water partition coefficient (Wildman–Crippen LogP) is 3.14. The van der Waals surface area contributed by atoms with Crippen molar-refractivity contribution in [2.45, 2.75) is 64.1 Å². The summed E-state index contributed by atoms with van der Waals surface area (Å²) in [6.45, 7) is 6.75. The van der Waals surface area contributed by atoms with Gasteiger partial charge in [0.2, 0.25) is 0 Å². The minimum atomic E-state index is -0.512. The fourth-order valence-corrected chi connectivity index (χ4v) is 3.68. The minimum absolute atomic E-state index is 0.0580. The number of hydrogen-bond donors (Lipinski definition) is 0. The van der Waals surface area contributed by atoms with Crippen LogP contribution in [0, 0.1) is 0 Å². The maximum absolute atomic E-state index is 13.2. The Kier molecular flexibility index (Phi) is 5.44. The third-order valence-corrected chi connectivity index (χ3v) is 5.24. The van der Waals surface area contributed by atoms with Gasteiger partial charge in [-0.05, 0) is 46.5 Å². The van der Waals surface area contributed by atoms with Crippen molar-refractivity contribution >= 4 is 12.0 Å². The largest absolute Gasteiger partial charge is 0.444 e. The maximum Gasteiger partial charge on any atom is 0.410 e. The van der Waals surface area contributed by atoms with E-state index >= 15 is 0 Å². The zero-order valence-corrected chi connectivity index (χ0v) is 17.6. The number of oxazole rings is 1. The van der Waals surface area contributed by atoms with E-state index in [9.17, 15) is 9.59 Å². The molecule has 9 nitrogen and oxygen atoms in total. The molecular formula is C21H27N5O4. The minimum Gasteiger partial charge on any atom is -0.444 e. The van der Waals surface area contributed by atoms with Crippen LogP contribution in [0.25, 0.3) is 11.6 Å². The average Bonchev–Trinajstić information content (AvgIpc) is 3.39. The molecule has 2 fully saturated rings. The molecular weight excluding hydrogens is 386 g/mol. The first-order valence-electron chi connectivity index (χ1n) is 10.3. The number of amides is 2. The Morgan fingerprint density at radius 3 is 2.23 bits per heavy atom. The van der Waals surface area contributed by atoms with Gasteiger partial charge in [-0.1, -0.05) is 0 Å². The third-order valence-electron chi connectivity index (χ3n) is 5.24. The first-order valence-corrected chi connectivity index (χ1v) is 10.3. The van der Waals surface area contributed by atoms with Gasteiger partial charge in [0, 0.05) is 37.6 Å². The fourth-order valence-electron chi connectivity index (χ4n) is 3.68. The molecule has 9 heteroatoms. The lowest BCUT2D eigenvalue weighted by Gasteiger charge is -2.39. The highest BCUT2D eigenvalue weighted by molar-refractivity contribution is 5.94. The van der Waals surface area contributed by atoms with Gasteiger partial charge < -0.3 is 19.0 Å². The van der Waals surface area contributed by atoms with Gasteiger partial charge in [0.15, 0.2) is 18.0 Å². The predicted molar refractivity (Wildman–Crippen MR) is 108 cm³/mol. The van der Waals surface area contributed by atoms with Crippen molar-refractivity contribution in [1.29, 1.82) is 0 Å². The highest BCUT2D eigenvalue weighted by atomic mass is 16.6. The van der Waals surface area contributed by atoms with Crippen molar-refractivity contribution in [3.63, 3.8) is 0 Å². The lowest BCUT2D eigenvalue weighted by Crippen LogP contribution is -2.50. The molecule has 2 amide bonds. The summed E-state index contributed by atoms with van der Waals surface area (Å²) in [5.74, 6) is 0.799. The van der Waals surface area contributed by atoms with E-state index in [0.717, 1.165) is 25.7 Å². The Bertz CT molecular complexity index is 879. The molecule has 0 bridgehead atoms. The molecule has 160 valence electrons. The molecule has 0 N–H and O–H groups in total. The fraction of sp³-hybridized carbons (Fsp3) is 0.571. The van der Waals surface area contributed by atoms with E-state index in [2.05, 4.69) is 15.0 Å². The zero-order valence-electron chi connectivity index (χ0n) is 17.6. The molecule has 3 heterocycles. The summed E-state index contributed by atoms with van der Waals surface area (Å²) in [6.07, 6.45) is 9.13. The van der Waals surface area contributed by atoms with Gasteiger partial charge >= 0.3 is 6.09 Å². The van der Waals surface area contributed by atoms with E-state index in [1.807, 2.05) is 25.7 Å². The standard InChI is InChI=1S/C21H27N5O4/c1-21(2,3)30-20(28)25-8-6-16(7-9-25)26(15-4-5-15)19(27)14-10-23-18(24-11-14)17-12-22-13-29-17/h10-13,15-16H,4-9H2,1-3H3. The Morgan fingerprint density at radius 1 is 1.07 bits per heavy atom. The van der Waals surface area contributed by atoms with E-state index in [0.29, 0.717) is 30.2 Å². The van der Waals surface area contributed by atoms with E-state index in [1.54, 1.807) is 17.3 Å². The molecule has 0 spiro atoms. The van der Waals surface area contributed by atoms with Gasteiger partial charge in [0.25, 0.3) is 5.91 Å². The Labute approximate surface area is 175 Å². The van der Waals surface area contributed by atoms with Gasteiger partial charge in [0.05, 0.1) is 11.8 Å². The number of hydrogen-bond acceptors (Lipinski definition) is 7. The van der Waals surface area contributed by atoms with Crippen molar-refractivity contribution in [3.05, 3.63) is 30.5 Å². The van der Waals surface area contributed by atoms with Crippen LogP contribution >= 0.6 is 0 Å². The van der Waals surface area contributed by atoms with Crippen LogP contribution in [0.1, 0.15) is 56.8 Å². The summed E-state index contributed by atoms with van der Waals surface area (Å²) in [6, 6.07) is 0.349. The highest BCUT2D eigenvalue weighted by Crippen LogP contribution is 2.33. The van der Waals surface area contributed by atoms with Crippen LogP contribution < -0.4 is 0 Å². The van der Waals surface area contributed by atoms with Crippen molar-refractivity contribution in [1.82, 2.24) is 24.8 Å². The lowest BCUT2D eigenvalue weighted by molar-refractivity contribution is 0.0142. The van der Waals surface area contributed by atoms with Gasteiger partial charge in [-0.3, -0.25) is 4.79 Å². The monoisotopic (exact) mass is 413 g/mol. The summed E-state index contributed by atoms with van der Waals surface area (Å²) >= 11 is 0. The van der Waals surface area contributed by atoms with E-state index < -0.39 is 5.60 Å². The summed E-state index contributed by atoms with van der Waals surface area (Å²) in [5, 5.41) is 0. The molecule has 2 aromatic rings. The van der Waals surface area contributed by atoms with E-state index in [4.69, 9.17) is 9.15 Å². The summed E-state index contributed by atoms with van der Waals surface area (Å²) < 4.78 is 10.7. The number of nitrogens with zero attached hydrogens (tertiary/aromatic N) is 5. The quantitative estimate of drug-likeness (QED) is 0.759. The number of likely N-dealkylation sites (tertiary alicyclic amines) is 1. The molecule has 4 rings (SSSR count). The van der Waals surface area contributed by atoms with Crippen LogP contribution in [0.3, 0.4) is 0 Å². The first-order chi connectivity index (χ1) is 14.3. The molecule has 0 radical (unpaired) electrons. The Balaban J connectivity index is 1.41. The molecule has 2 aliphatic rings. The molecule has 1 aliphatic carbocycles. The van der Waals surface area contributed by atoms with E-state index in [-0.39, 0.29) is 24.1 Å². The second-order valence-corrected chi connectivity index (χ2v) is 8.80. The normalized spacial score (nSPS) is 17.6. The van der Waals surface area contributed by atoms with Crippen LogP contribution in [-0.2, 0) is 4.74 Å². The third kappa shape index (κ3) is 4.60. The number of aromatic nitrogens is 3. The van der Waals surface area contributed by atoms with Crippen molar-refractivity contribution in [3.8, 4) is 11.6 Å². The smallest absolute Gasteiger partial charge is 0.410 e. The zero-order chi connectivity index (χ0) is 21.3. The van der Waals surface area contributed by atoms with Gasteiger partial charge in [0.1, 0.15) is 5.60 Å². The van der Waals surface area contributed by atoms with Crippen LogP contribution in [0.4, 0.5) is 4.79 Å². The SMILES string of the molecule is CC(C)(C)OC(=O)N1CCC(N(C(=O)c2cnc(-c3cnco3)nc2)C2CC2)CC1. The van der Waals surface area contributed by atoms with Crippen LogP contribution in [0.5, 0.6) is 0 Å². The molecule has 1 aliphatic heterocycles. The summed E-state index contributed by atoms with van der Waals surface area (Å²) in [5.41, 5.74) is -0.0540. The second kappa shape index (κ2) is 8.04. The molecule has 1 saturated heterocycles. The number of piperidine rings is 1. The molecule has 0 aromatic carbocycles. The molecule has 0 unspecified atom stereocenters.